The monoisotopic (exact) mass is 502 g/mol. The van der Waals surface area contributed by atoms with E-state index in [-0.39, 0.29) is 34.3 Å². The maximum absolute atomic E-state index is 12.5. The fraction of sp³-hybridized carbons (Fsp3) is 0.409. The van der Waals surface area contributed by atoms with Crippen LogP contribution in [0.2, 0.25) is 0 Å². The minimum absolute atomic E-state index is 0.0543. The molecule has 2 amide bonds. The minimum Gasteiger partial charge on any atom is -0.364 e. The van der Waals surface area contributed by atoms with E-state index in [0.717, 1.165) is 19.1 Å². The molecule has 2 aromatic rings. The summed E-state index contributed by atoms with van der Waals surface area (Å²) in [6.07, 6.45) is 6.15. The summed E-state index contributed by atoms with van der Waals surface area (Å²) in [5.41, 5.74) is 5.75. The summed E-state index contributed by atoms with van der Waals surface area (Å²) >= 11 is 0. The molecule has 0 radical (unpaired) electrons. The quantitative estimate of drug-likeness (QED) is 0.415. The highest BCUT2D eigenvalue weighted by atomic mass is 32.2. The van der Waals surface area contributed by atoms with Gasteiger partial charge in [-0.1, -0.05) is 6.08 Å². The predicted molar refractivity (Wildman–Crippen MR) is 132 cm³/mol. The average Bonchev–Trinajstić information content (AvgIpc) is 2.78. The number of hydrogen-bond acceptors (Lipinski definition) is 10. The molecule has 35 heavy (non-hydrogen) atoms. The van der Waals surface area contributed by atoms with Crippen molar-refractivity contribution in [1.82, 2.24) is 25.0 Å². The molecule has 13 heteroatoms. The molecule has 188 valence electrons. The van der Waals surface area contributed by atoms with Crippen molar-refractivity contribution in [2.45, 2.75) is 23.8 Å². The van der Waals surface area contributed by atoms with E-state index < -0.39 is 15.7 Å². The molecular formula is C22H30N8O4S. The highest BCUT2D eigenvalue weighted by Crippen LogP contribution is 2.21. The van der Waals surface area contributed by atoms with E-state index in [0.29, 0.717) is 25.3 Å². The van der Waals surface area contributed by atoms with Crippen LogP contribution in [0, 0.1) is 0 Å². The number of rotatable bonds is 9. The van der Waals surface area contributed by atoms with Gasteiger partial charge in [0.25, 0.3) is 5.91 Å². The van der Waals surface area contributed by atoms with E-state index in [9.17, 15) is 18.0 Å². The molecular weight excluding hydrogens is 472 g/mol. The first-order chi connectivity index (χ1) is 16.5. The van der Waals surface area contributed by atoms with Crippen molar-refractivity contribution < 1.29 is 18.0 Å². The Morgan fingerprint density at radius 1 is 1.23 bits per heavy atom. The van der Waals surface area contributed by atoms with Gasteiger partial charge in [-0.3, -0.25) is 9.59 Å². The Bertz CT molecular complexity index is 1200. The number of amides is 2. The van der Waals surface area contributed by atoms with Gasteiger partial charge in [0.2, 0.25) is 11.9 Å². The van der Waals surface area contributed by atoms with E-state index in [1.54, 1.807) is 23.1 Å². The molecule has 1 aromatic carbocycles. The van der Waals surface area contributed by atoms with Crippen LogP contribution in [0.1, 0.15) is 23.3 Å². The maximum Gasteiger partial charge on any atom is 0.273 e. The molecule has 12 nitrogen and oxygen atoms in total. The van der Waals surface area contributed by atoms with Crippen molar-refractivity contribution in [3.8, 4) is 0 Å². The molecule has 0 spiro atoms. The summed E-state index contributed by atoms with van der Waals surface area (Å²) in [4.78, 5) is 32.6. The number of carbonyl (C=O) groups excluding carboxylic acids is 2. The third-order valence-electron chi connectivity index (χ3n) is 5.26. The van der Waals surface area contributed by atoms with Crippen molar-refractivity contribution in [3.05, 3.63) is 42.1 Å². The number of anilines is 3. The number of hydrogen-bond donors (Lipinski definition) is 3. The zero-order valence-electron chi connectivity index (χ0n) is 19.9. The molecule has 1 saturated heterocycles. The molecule has 1 aromatic heterocycles. The molecule has 1 unspecified atom stereocenters. The Labute approximate surface area is 204 Å². The van der Waals surface area contributed by atoms with Gasteiger partial charge in [-0.25, -0.2) is 8.42 Å². The number of likely N-dealkylation sites (N-methyl/N-ethyl adjacent to an activating group) is 1. The number of piperidine rings is 1. The second-order valence-electron chi connectivity index (χ2n) is 8.55. The van der Waals surface area contributed by atoms with E-state index in [4.69, 9.17) is 5.73 Å². The number of nitrogens with two attached hydrogens (primary N) is 1. The standard InChI is InChI=1S/C22H30N8O4S/c1-29(2)12-5-7-18(31)30-13-4-6-16(14-30)25-22-26-21(19(20(23)32)27-28-22)24-15-8-10-17(11-9-15)35(3,33)34/h5,7-11,16H,4,6,12-14H2,1-3H3,(H2,23,32)(H2,24,25,26,28). The number of carbonyl (C=O) groups is 2. The first-order valence-corrected chi connectivity index (χ1v) is 12.9. The molecule has 1 atom stereocenters. The van der Waals surface area contributed by atoms with E-state index >= 15 is 0 Å². The number of benzene rings is 1. The number of sulfone groups is 1. The van der Waals surface area contributed by atoms with Gasteiger partial charge < -0.3 is 26.2 Å². The lowest BCUT2D eigenvalue weighted by atomic mass is 10.1. The third-order valence-corrected chi connectivity index (χ3v) is 6.39. The normalized spacial score (nSPS) is 16.5. The van der Waals surface area contributed by atoms with Crippen molar-refractivity contribution in [3.63, 3.8) is 0 Å². The topological polar surface area (TPSA) is 164 Å². The zero-order chi connectivity index (χ0) is 25.6. The third kappa shape index (κ3) is 7.45. The minimum atomic E-state index is -3.34. The highest BCUT2D eigenvalue weighted by molar-refractivity contribution is 7.90. The van der Waals surface area contributed by atoms with Gasteiger partial charge in [0.1, 0.15) is 0 Å². The molecule has 0 saturated carbocycles. The predicted octanol–water partition coefficient (Wildman–Crippen LogP) is 0.638. The number of primary amides is 1. The van der Waals surface area contributed by atoms with Crippen LogP contribution in [0.15, 0.2) is 41.3 Å². The second kappa shape index (κ2) is 11.2. The largest absolute Gasteiger partial charge is 0.364 e. The van der Waals surface area contributed by atoms with Crippen molar-refractivity contribution >= 4 is 39.1 Å². The van der Waals surface area contributed by atoms with Gasteiger partial charge in [0.05, 0.1) is 4.90 Å². The Hall–Kier alpha value is -3.58. The molecule has 1 aliphatic heterocycles. The molecule has 1 aliphatic rings. The summed E-state index contributed by atoms with van der Waals surface area (Å²) in [6.45, 7) is 1.82. The molecule has 4 N–H and O–H groups in total. The molecule has 0 bridgehead atoms. The van der Waals surface area contributed by atoms with E-state index in [1.807, 2.05) is 25.1 Å². The van der Waals surface area contributed by atoms with Gasteiger partial charge in [0.15, 0.2) is 21.3 Å². The maximum atomic E-state index is 12.5. The van der Waals surface area contributed by atoms with Crippen LogP contribution < -0.4 is 16.4 Å². The van der Waals surface area contributed by atoms with E-state index in [2.05, 4.69) is 25.8 Å². The SMILES string of the molecule is CN(C)CC=CC(=O)N1CCCC(Nc2nnc(C(N)=O)c(Nc3ccc(S(C)(=O)=O)cc3)n2)C1. The van der Waals surface area contributed by atoms with E-state index in [1.165, 1.54) is 12.1 Å². The highest BCUT2D eigenvalue weighted by Gasteiger charge is 2.24. The molecule has 0 aliphatic carbocycles. The van der Waals surface area contributed by atoms with Gasteiger partial charge in [-0.2, -0.15) is 4.98 Å². The van der Waals surface area contributed by atoms with Crippen molar-refractivity contribution in [2.75, 3.05) is 50.6 Å². The van der Waals surface area contributed by atoms with Gasteiger partial charge in [-0.15, -0.1) is 10.2 Å². The summed E-state index contributed by atoms with van der Waals surface area (Å²) in [6, 6.07) is 5.87. The summed E-state index contributed by atoms with van der Waals surface area (Å²) < 4.78 is 23.3. The van der Waals surface area contributed by atoms with Crippen molar-refractivity contribution in [2.24, 2.45) is 5.73 Å². The first-order valence-electron chi connectivity index (χ1n) is 11.0. The van der Waals surface area contributed by atoms with Crippen LogP contribution in [-0.4, -0.2) is 91.2 Å². The summed E-state index contributed by atoms with van der Waals surface area (Å²) in [5.74, 6) is -0.614. The van der Waals surface area contributed by atoms with Gasteiger partial charge >= 0.3 is 0 Å². The second-order valence-corrected chi connectivity index (χ2v) is 10.6. The van der Waals surface area contributed by atoms with Crippen LogP contribution in [0.4, 0.5) is 17.5 Å². The van der Waals surface area contributed by atoms with Gasteiger partial charge in [-0.05, 0) is 51.2 Å². The zero-order valence-corrected chi connectivity index (χ0v) is 20.7. The van der Waals surface area contributed by atoms with Crippen LogP contribution in [0.5, 0.6) is 0 Å². The molecule has 2 heterocycles. The van der Waals surface area contributed by atoms with Crippen LogP contribution in [0.3, 0.4) is 0 Å². The Morgan fingerprint density at radius 2 is 1.94 bits per heavy atom. The average molecular weight is 503 g/mol. The lowest BCUT2D eigenvalue weighted by molar-refractivity contribution is -0.127. The lowest BCUT2D eigenvalue weighted by Crippen LogP contribution is -2.44. The van der Waals surface area contributed by atoms with Crippen LogP contribution >= 0.6 is 0 Å². The number of nitrogens with one attached hydrogen (secondary N) is 2. The summed E-state index contributed by atoms with van der Waals surface area (Å²) in [7, 11) is 0.522. The van der Waals surface area contributed by atoms with Crippen LogP contribution in [-0.2, 0) is 14.6 Å². The van der Waals surface area contributed by atoms with Crippen molar-refractivity contribution in [1.29, 1.82) is 0 Å². The first kappa shape index (κ1) is 26.0. The fourth-order valence-electron chi connectivity index (χ4n) is 3.51. The van der Waals surface area contributed by atoms with Gasteiger partial charge in [0, 0.05) is 43.7 Å². The number of aromatic nitrogens is 3. The van der Waals surface area contributed by atoms with Crippen LogP contribution in [0.25, 0.3) is 0 Å². The molecule has 1 fully saturated rings. The smallest absolute Gasteiger partial charge is 0.273 e. The summed E-state index contributed by atoms with van der Waals surface area (Å²) in [5, 5.41) is 14.0. The Balaban J connectivity index is 1.72. The lowest BCUT2D eigenvalue weighted by Gasteiger charge is -2.32. The Morgan fingerprint density at radius 3 is 2.57 bits per heavy atom. The fourth-order valence-corrected chi connectivity index (χ4v) is 4.14. The molecule has 3 rings (SSSR count). The number of likely N-dealkylation sites (tertiary alicyclic amines) is 1. The number of nitrogens with zero attached hydrogens (tertiary/aromatic N) is 5. The Kier molecular flexibility index (Phi) is 8.35.